The summed E-state index contributed by atoms with van der Waals surface area (Å²) in [5.41, 5.74) is 13.0. The van der Waals surface area contributed by atoms with Gasteiger partial charge in [-0.25, -0.2) is 19.9 Å². The first kappa shape index (κ1) is 35.5. The van der Waals surface area contributed by atoms with Crippen LogP contribution in [0.5, 0.6) is 0 Å². The second-order valence-electron chi connectivity index (χ2n) is 15.4. The Morgan fingerprint density at radius 3 is 1.45 bits per heavy atom. The summed E-state index contributed by atoms with van der Waals surface area (Å²) in [5, 5.41) is 3.65. The van der Waals surface area contributed by atoms with Gasteiger partial charge in [0.15, 0.2) is 23.1 Å². The van der Waals surface area contributed by atoms with Crippen molar-refractivity contribution in [3.63, 3.8) is 0 Å². The fraction of sp³-hybridized carbons (Fsp3) is 0. The topological polar surface area (TPSA) is 77.8 Å². The summed E-state index contributed by atoms with van der Waals surface area (Å²) in [5.74, 6) is 2.24. The summed E-state index contributed by atoms with van der Waals surface area (Å²) in [6.07, 6.45) is 0. The van der Waals surface area contributed by atoms with Crippen molar-refractivity contribution in [2.24, 2.45) is 0 Å². The van der Waals surface area contributed by atoms with Crippen molar-refractivity contribution in [2.45, 2.75) is 0 Å². The summed E-state index contributed by atoms with van der Waals surface area (Å²) >= 11 is 0. The Kier molecular flexibility index (Phi) is 8.38. The molecule has 6 nitrogen and oxygen atoms in total. The molecule has 290 valence electrons. The van der Waals surface area contributed by atoms with E-state index in [-0.39, 0.29) is 0 Å². The quantitative estimate of drug-likeness (QED) is 0.160. The molecule has 0 bridgehead atoms. The minimum atomic E-state index is 0.545. The van der Waals surface area contributed by atoms with Crippen molar-refractivity contribution in [2.75, 3.05) is 0 Å². The van der Waals surface area contributed by atoms with Gasteiger partial charge in [-0.3, -0.25) is 0 Å². The van der Waals surface area contributed by atoms with Crippen LogP contribution in [0.1, 0.15) is 0 Å². The number of oxazole rings is 1. The van der Waals surface area contributed by atoms with Gasteiger partial charge in [-0.15, -0.1) is 0 Å². The molecule has 0 fully saturated rings. The van der Waals surface area contributed by atoms with Crippen LogP contribution in [0.4, 0.5) is 0 Å². The number of nitrogens with zero attached hydrogens (tertiary/aromatic N) is 4. The van der Waals surface area contributed by atoms with E-state index in [1.165, 1.54) is 0 Å². The highest BCUT2D eigenvalue weighted by Gasteiger charge is 2.22. The monoisotopic (exact) mass is 794 g/mol. The number of hydrogen-bond acceptors (Lipinski definition) is 6. The molecule has 6 heteroatoms. The number of furan rings is 1. The van der Waals surface area contributed by atoms with Gasteiger partial charge in [0, 0.05) is 33.0 Å². The van der Waals surface area contributed by atoms with E-state index in [2.05, 4.69) is 133 Å². The SMILES string of the molecule is c1ccc(-c2cccc(-c3nc(-c4cc(-c5ccccc5)cc(-c5ccccc5)c4)nc(-c4cc5c(oc6ccc7nc(-c8ccccc8)oc7c65)c5ccccc45)n3)c2)cc1. The van der Waals surface area contributed by atoms with Crippen LogP contribution in [0.25, 0.3) is 123 Å². The number of fused-ring (bicyclic) bond motifs is 7. The molecular formula is C56H34N4O2. The van der Waals surface area contributed by atoms with Crippen LogP contribution in [0.15, 0.2) is 215 Å². The third-order valence-electron chi connectivity index (χ3n) is 11.5. The normalized spacial score (nSPS) is 11.5. The van der Waals surface area contributed by atoms with Gasteiger partial charge in [-0.1, -0.05) is 152 Å². The van der Waals surface area contributed by atoms with Crippen LogP contribution < -0.4 is 0 Å². The number of aromatic nitrogens is 4. The minimum absolute atomic E-state index is 0.545. The molecule has 0 radical (unpaired) electrons. The maximum Gasteiger partial charge on any atom is 0.227 e. The molecule has 0 N–H and O–H groups in total. The fourth-order valence-corrected chi connectivity index (χ4v) is 8.53. The Morgan fingerprint density at radius 1 is 0.290 bits per heavy atom. The van der Waals surface area contributed by atoms with Gasteiger partial charge in [-0.05, 0) is 93.4 Å². The molecule has 0 spiro atoms. The van der Waals surface area contributed by atoms with Gasteiger partial charge < -0.3 is 8.83 Å². The third kappa shape index (κ3) is 6.21. The van der Waals surface area contributed by atoms with E-state index in [9.17, 15) is 0 Å². The summed E-state index contributed by atoms with van der Waals surface area (Å²) in [4.78, 5) is 20.9. The predicted molar refractivity (Wildman–Crippen MR) is 250 cm³/mol. The second-order valence-corrected chi connectivity index (χ2v) is 15.4. The molecule has 9 aromatic carbocycles. The average molecular weight is 795 g/mol. The second kappa shape index (κ2) is 14.7. The first-order valence-corrected chi connectivity index (χ1v) is 20.6. The molecule has 0 atom stereocenters. The van der Waals surface area contributed by atoms with Crippen molar-refractivity contribution in [1.29, 1.82) is 0 Å². The maximum absolute atomic E-state index is 6.69. The van der Waals surface area contributed by atoms with Crippen molar-refractivity contribution in [3.05, 3.63) is 206 Å². The zero-order valence-corrected chi connectivity index (χ0v) is 33.2. The average Bonchev–Trinajstić information content (AvgIpc) is 3.97. The lowest BCUT2D eigenvalue weighted by Crippen LogP contribution is -2.01. The summed E-state index contributed by atoms with van der Waals surface area (Å²) in [7, 11) is 0. The fourth-order valence-electron chi connectivity index (χ4n) is 8.53. The summed E-state index contributed by atoms with van der Waals surface area (Å²) < 4.78 is 13.3. The van der Waals surface area contributed by atoms with E-state index in [4.69, 9.17) is 28.8 Å². The van der Waals surface area contributed by atoms with Crippen LogP contribution in [0, 0.1) is 0 Å². The van der Waals surface area contributed by atoms with Crippen LogP contribution in [-0.2, 0) is 0 Å². The highest BCUT2D eigenvalue weighted by Crippen LogP contribution is 2.43. The first-order chi connectivity index (χ1) is 30.7. The molecule has 0 saturated carbocycles. The van der Waals surface area contributed by atoms with Crippen LogP contribution >= 0.6 is 0 Å². The molecule has 3 aromatic heterocycles. The van der Waals surface area contributed by atoms with Crippen LogP contribution in [0.2, 0.25) is 0 Å². The molecule has 0 aliphatic heterocycles. The number of rotatable bonds is 7. The Balaban J connectivity index is 1.13. The summed E-state index contributed by atoms with van der Waals surface area (Å²) in [6.45, 7) is 0. The number of benzene rings is 9. The first-order valence-electron chi connectivity index (χ1n) is 20.6. The molecule has 12 aromatic rings. The molecule has 62 heavy (non-hydrogen) atoms. The largest absolute Gasteiger partial charge is 0.455 e. The van der Waals surface area contributed by atoms with Gasteiger partial charge in [0.25, 0.3) is 0 Å². The van der Waals surface area contributed by atoms with Gasteiger partial charge in [-0.2, -0.15) is 0 Å². The lowest BCUT2D eigenvalue weighted by atomic mass is 9.95. The Hall–Kier alpha value is -8.48. The lowest BCUT2D eigenvalue weighted by molar-refractivity contribution is 0.622. The standard InChI is InChI=1S/C56H34N4O2/c1-5-16-35(17-6-1)39-24-15-25-40(30-39)53-58-54(43-32-41(36-18-7-2-8-19-36)31-42(33-43)37-20-9-3-10-21-37)60-55(59-53)46-34-47-50-49(61-51(47)45-27-14-13-26-44(45)46)29-28-48-52(50)62-56(57-48)38-22-11-4-12-23-38/h1-34H. The Labute approximate surface area is 356 Å². The molecule has 0 aliphatic rings. The van der Waals surface area contributed by atoms with E-state index in [0.717, 1.165) is 88.3 Å². The van der Waals surface area contributed by atoms with E-state index in [1.54, 1.807) is 0 Å². The van der Waals surface area contributed by atoms with Crippen molar-refractivity contribution >= 4 is 43.8 Å². The lowest BCUT2D eigenvalue weighted by Gasteiger charge is -2.14. The van der Waals surface area contributed by atoms with Crippen molar-refractivity contribution < 1.29 is 8.83 Å². The molecular weight excluding hydrogens is 761 g/mol. The highest BCUT2D eigenvalue weighted by atomic mass is 16.4. The highest BCUT2D eigenvalue weighted by molar-refractivity contribution is 6.23. The molecule has 0 amide bonds. The molecule has 0 saturated heterocycles. The maximum atomic E-state index is 6.69. The number of hydrogen-bond donors (Lipinski definition) is 0. The zero-order valence-electron chi connectivity index (χ0n) is 33.2. The third-order valence-corrected chi connectivity index (χ3v) is 11.5. The van der Waals surface area contributed by atoms with Gasteiger partial charge in [0.2, 0.25) is 5.89 Å². The van der Waals surface area contributed by atoms with Gasteiger partial charge in [0.1, 0.15) is 16.7 Å². The van der Waals surface area contributed by atoms with Gasteiger partial charge in [0.05, 0.1) is 5.39 Å². The minimum Gasteiger partial charge on any atom is -0.455 e. The Morgan fingerprint density at radius 2 is 0.790 bits per heavy atom. The zero-order chi connectivity index (χ0) is 41.0. The van der Waals surface area contributed by atoms with E-state index in [1.807, 2.05) is 72.8 Å². The van der Waals surface area contributed by atoms with Crippen molar-refractivity contribution in [1.82, 2.24) is 19.9 Å². The molecule has 0 aliphatic carbocycles. The van der Waals surface area contributed by atoms with Gasteiger partial charge >= 0.3 is 0 Å². The molecule has 12 rings (SSSR count). The molecule has 3 heterocycles. The molecule has 0 unspecified atom stereocenters. The van der Waals surface area contributed by atoms with Crippen LogP contribution in [-0.4, -0.2) is 19.9 Å². The van der Waals surface area contributed by atoms with Crippen molar-refractivity contribution in [3.8, 4) is 79.0 Å². The Bertz CT molecular complexity index is 3560. The summed E-state index contributed by atoms with van der Waals surface area (Å²) in [6, 6.07) is 70.6. The van der Waals surface area contributed by atoms with E-state index >= 15 is 0 Å². The van der Waals surface area contributed by atoms with E-state index in [0.29, 0.717) is 34.5 Å². The van der Waals surface area contributed by atoms with Crippen LogP contribution in [0.3, 0.4) is 0 Å². The smallest absolute Gasteiger partial charge is 0.227 e. The predicted octanol–water partition coefficient (Wildman–Crippen LogP) is 14.7. The van der Waals surface area contributed by atoms with E-state index < -0.39 is 0 Å².